The zero-order valence-electron chi connectivity index (χ0n) is 11.7. The smallest absolute Gasteiger partial charge is 0.413 e. The first kappa shape index (κ1) is 16.6. The fourth-order valence-corrected chi connectivity index (χ4v) is 1.53. The highest BCUT2D eigenvalue weighted by Crippen LogP contribution is 2.07. The molecule has 0 saturated heterocycles. The van der Waals surface area contributed by atoms with E-state index >= 15 is 0 Å². The zero-order valence-corrected chi connectivity index (χ0v) is 11.7. The topological polar surface area (TPSA) is 133 Å². The Hall–Kier alpha value is -2.49. The standard InChI is InChI=1S/C11H16N4O6/c1-3-21-11(19)12-8(16)6-15-7(4-5-20-2)9(10(17)18)13-14-15/h3-6H2,1-2H3,(H,17,18)(H,12,16,19). The number of hydrogen-bond acceptors (Lipinski definition) is 7. The molecule has 1 aromatic rings. The van der Waals surface area contributed by atoms with Gasteiger partial charge in [0.05, 0.1) is 18.9 Å². The number of amides is 2. The van der Waals surface area contributed by atoms with E-state index in [0.29, 0.717) is 0 Å². The molecular weight excluding hydrogens is 284 g/mol. The summed E-state index contributed by atoms with van der Waals surface area (Å²) in [7, 11) is 1.46. The van der Waals surface area contributed by atoms with Crippen LogP contribution in [-0.2, 0) is 27.2 Å². The van der Waals surface area contributed by atoms with Gasteiger partial charge in [0.1, 0.15) is 6.54 Å². The summed E-state index contributed by atoms with van der Waals surface area (Å²) in [5.41, 5.74) is -0.0145. The molecule has 0 unspecified atom stereocenters. The summed E-state index contributed by atoms with van der Waals surface area (Å²) in [6, 6.07) is 0. The Morgan fingerprint density at radius 2 is 2.10 bits per heavy atom. The van der Waals surface area contributed by atoms with Crippen LogP contribution in [0.5, 0.6) is 0 Å². The molecule has 116 valence electrons. The summed E-state index contributed by atoms with van der Waals surface area (Å²) >= 11 is 0. The number of aromatic carboxylic acids is 1. The third-order valence-electron chi connectivity index (χ3n) is 2.39. The highest BCUT2D eigenvalue weighted by atomic mass is 16.5. The van der Waals surface area contributed by atoms with E-state index in [9.17, 15) is 14.4 Å². The minimum atomic E-state index is -1.25. The van der Waals surface area contributed by atoms with E-state index in [1.54, 1.807) is 6.92 Å². The second-order valence-electron chi connectivity index (χ2n) is 3.86. The van der Waals surface area contributed by atoms with E-state index in [1.165, 1.54) is 7.11 Å². The second-order valence-corrected chi connectivity index (χ2v) is 3.86. The molecule has 21 heavy (non-hydrogen) atoms. The lowest BCUT2D eigenvalue weighted by Crippen LogP contribution is -2.34. The first-order valence-corrected chi connectivity index (χ1v) is 6.10. The van der Waals surface area contributed by atoms with Crippen molar-refractivity contribution in [2.24, 2.45) is 0 Å². The van der Waals surface area contributed by atoms with E-state index < -0.39 is 18.0 Å². The fraction of sp³-hybridized carbons (Fsp3) is 0.545. The Balaban J connectivity index is 2.80. The molecule has 0 aliphatic rings. The van der Waals surface area contributed by atoms with Crippen molar-refractivity contribution in [3.8, 4) is 0 Å². The van der Waals surface area contributed by atoms with Crippen LogP contribution >= 0.6 is 0 Å². The van der Waals surface area contributed by atoms with Crippen molar-refractivity contribution in [1.29, 1.82) is 0 Å². The Bertz CT molecular complexity index is 527. The van der Waals surface area contributed by atoms with Crippen molar-refractivity contribution in [1.82, 2.24) is 20.3 Å². The normalized spacial score (nSPS) is 10.2. The average Bonchev–Trinajstić information content (AvgIpc) is 2.79. The number of hydrogen-bond donors (Lipinski definition) is 2. The maximum Gasteiger partial charge on any atom is 0.413 e. The largest absolute Gasteiger partial charge is 0.476 e. The Kier molecular flexibility index (Phi) is 6.27. The van der Waals surface area contributed by atoms with Crippen LogP contribution in [0.1, 0.15) is 23.1 Å². The minimum absolute atomic E-state index is 0.130. The van der Waals surface area contributed by atoms with Gasteiger partial charge >= 0.3 is 12.1 Å². The highest BCUT2D eigenvalue weighted by Gasteiger charge is 2.20. The number of methoxy groups -OCH3 is 1. The number of carboxylic acid groups (broad SMARTS) is 1. The van der Waals surface area contributed by atoms with Crippen LogP contribution in [0.4, 0.5) is 4.79 Å². The molecular formula is C11H16N4O6. The van der Waals surface area contributed by atoms with E-state index in [0.717, 1.165) is 4.68 Å². The van der Waals surface area contributed by atoms with Gasteiger partial charge in [-0.15, -0.1) is 5.10 Å². The quantitative estimate of drug-likeness (QED) is 0.684. The number of nitrogens with one attached hydrogen (secondary N) is 1. The molecule has 0 saturated carbocycles. The first-order chi connectivity index (χ1) is 9.99. The van der Waals surface area contributed by atoms with Gasteiger partial charge in [-0.25, -0.2) is 14.3 Å². The molecule has 0 aliphatic heterocycles. The molecule has 0 radical (unpaired) electrons. The minimum Gasteiger partial charge on any atom is -0.476 e. The summed E-state index contributed by atoms with van der Waals surface area (Å²) in [6.45, 7) is 1.62. The third kappa shape index (κ3) is 4.84. The molecule has 0 bridgehead atoms. The summed E-state index contributed by atoms with van der Waals surface area (Å²) in [4.78, 5) is 33.7. The lowest BCUT2D eigenvalue weighted by atomic mass is 10.2. The van der Waals surface area contributed by atoms with Crippen molar-refractivity contribution in [3.63, 3.8) is 0 Å². The summed E-state index contributed by atoms with van der Waals surface area (Å²) in [5.74, 6) is -1.94. The number of carbonyl (C=O) groups excluding carboxylic acids is 2. The molecule has 1 heterocycles. The van der Waals surface area contributed by atoms with Crippen LogP contribution in [0.25, 0.3) is 0 Å². The van der Waals surface area contributed by atoms with Crippen LogP contribution in [0.3, 0.4) is 0 Å². The second kappa shape index (κ2) is 7.94. The van der Waals surface area contributed by atoms with Crippen molar-refractivity contribution in [3.05, 3.63) is 11.4 Å². The van der Waals surface area contributed by atoms with Gasteiger partial charge in [0.15, 0.2) is 5.69 Å². The van der Waals surface area contributed by atoms with Crippen LogP contribution < -0.4 is 5.32 Å². The van der Waals surface area contributed by atoms with Crippen molar-refractivity contribution in [2.75, 3.05) is 20.3 Å². The van der Waals surface area contributed by atoms with Crippen LogP contribution in [-0.4, -0.2) is 58.4 Å². The molecule has 1 rings (SSSR count). The first-order valence-electron chi connectivity index (χ1n) is 6.10. The molecule has 0 aromatic carbocycles. The molecule has 2 N–H and O–H groups in total. The molecule has 0 atom stereocenters. The molecule has 2 amide bonds. The molecule has 1 aromatic heterocycles. The maximum absolute atomic E-state index is 11.6. The zero-order chi connectivity index (χ0) is 15.8. The lowest BCUT2D eigenvalue weighted by molar-refractivity contribution is -0.121. The molecule has 10 heteroatoms. The van der Waals surface area contributed by atoms with Crippen LogP contribution in [0, 0.1) is 0 Å². The van der Waals surface area contributed by atoms with Crippen molar-refractivity contribution >= 4 is 18.0 Å². The highest BCUT2D eigenvalue weighted by molar-refractivity contribution is 5.91. The van der Waals surface area contributed by atoms with Crippen molar-refractivity contribution in [2.45, 2.75) is 19.9 Å². The number of imide groups is 1. The number of aromatic nitrogens is 3. The molecule has 0 spiro atoms. The van der Waals surface area contributed by atoms with E-state index in [-0.39, 0.29) is 37.6 Å². The Labute approximate surface area is 120 Å². The third-order valence-corrected chi connectivity index (χ3v) is 2.39. The maximum atomic E-state index is 11.6. The van der Waals surface area contributed by atoms with Gasteiger partial charge in [0.2, 0.25) is 0 Å². The number of alkyl carbamates (subject to hydrolysis) is 1. The number of rotatable bonds is 7. The average molecular weight is 300 g/mol. The van der Waals surface area contributed by atoms with E-state index in [4.69, 9.17) is 9.84 Å². The van der Waals surface area contributed by atoms with Crippen LogP contribution in [0.15, 0.2) is 0 Å². The van der Waals surface area contributed by atoms with Gasteiger partial charge in [-0.1, -0.05) is 5.21 Å². The lowest BCUT2D eigenvalue weighted by Gasteiger charge is -2.07. The summed E-state index contributed by atoms with van der Waals surface area (Å²) < 4.78 is 10.5. The summed E-state index contributed by atoms with van der Waals surface area (Å²) in [5, 5.41) is 18.1. The van der Waals surface area contributed by atoms with Gasteiger partial charge < -0.3 is 14.6 Å². The van der Waals surface area contributed by atoms with Gasteiger partial charge in [-0.05, 0) is 6.92 Å². The SMILES string of the molecule is CCOC(=O)NC(=O)Cn1nnc(C(=O)O)c1CCOC. The van der Waals surface area contributed by atoms with E-state index in [2.05, 4.69) is 15.0 Å². The molecule has 10 nitrogen and oxygen atoms in total. The number of carboxylic acids is 1. The molecule has 0 fully saturated rings. The van der Waals surface area contributed by atoms with Gasteiger partial charge in [-0.2, -0.15) is 0 Å². The Morgan fingerprint density at radius 1 is 1.38 bits per heavy atom. The van der Waals surface area contributed by atoms with Gasteiger partial charge in [0.25, 0.3) is 5.91 Å². The summed E-state index contributed by atoms with van der Waals surface area (Å²) in [6.07, 6.45) is -0.655. The van der Waals surface area contributed by atoms with Gasteiger partial charge in [-0.3, -0.25) is 10.1 Å². The van der Waals surface area contributed by atoms with Crippen molar-refractivity contribution < 1.29 is 29.0 Å². The van der Waals surface area contributed by atoms with Gasteiger partial charge in [0, 0.05) is 13.5 Å². The Morgan fingerprint density at radius 3 is 2.67 bits per heavy atom. The predicted molar refractivity (Wildman–Crippen MR) is 67.7 cm³/mol. The molecule has 0 aliphatic carbocycles. The number of nitrogens with zero attached hydrogens (tertiary/aromatic N) is 3. The van der Waals surface area contributed by atoms with Crippen LogP contribution in [0.2, 0.25) is 0 Å². The number of carbonyl (C=O) groups is 3. The fourth-order valence-electron chi connectivity index (χ4n) is 1.53. The van der Waals surface area contributed by atoms with E-state index in [1.807, 2.05) is 5.32 Å². The number of ether oxygens (including phenoxy) is 2. The predicted octanol–water partition coefficient (Wildman–Crippen LogP) is -0.562. The monoisotopic (exact) mass is 300 g/mol.